The van der Waals surface area contributed by atoms with E-state index in [1.54, 1.807) is 39.0 Å². The van der Waals surface area contributed by atoms with Crippen molar-refractivity contribution in [1.29, 1.82) is 0 Å². The van der Waals surface area contributed by atoms with Crippen molar-refractivity contribution in [3.05, 3.63) is 23.2 Å². The molecule has 0 radical (unpaired) electrons. The molecule has 0 spiro atoms. The van der Waals surface area contributed by atoms with Crippen LogP contribution in [0.3, 0.4) is 0 Å². The van der Waals surface area contributed by atoms with Crippen LogP contribution in [-0.2, 0) is 19.2 Å². The van der Waals surface area contributed by atoms with Gasteiger partial charge in [0.1, 0.15) is 12.2 Å². The molecule has 1 aromatic heterocycles. The molecule has 1 amide bonds. The first kappa shape index (κ1) is 21.2. The maximum Gasteiger partial charge on any atom is 0.408 e. The predicted molar refractivity (Wildman–Crippen MR) is 96.7 cm³/mol. The van der Waals surface area contributed by atoms with Crippen LogP contribution in [0.2, 0.25) is 5.02 Å². The fourth-order valence-electron chi connectivity index (χ4n) is 1.96. The summed E-state index contributed by atoms with van der Waals surface area (Å²) in [6.45, 7) is 4.40. The maximum absolute atomic E-state index is 11.9. The summed E-state index contributed by atoms with van der Waals surface area (Å²) in [6.07, 6.45) is -0.776. The average molecular weight is 422 g/mol. The van der Waals surface area contributed by atoms with Crippen molar-refractivity contribution < 1.29 is 31.4 Å². The fraction of sp³-hybridized carbons (Fsp3) is 0.467. The zero-order valence-electron chi connectivity index (χ0n) is 14.9. The number of nitrogens with zero attached hydrogens (tertiary/aromatic N) is 1. The Balaban J connectivity index is 2.07. The molecule has 0 aliphatic rings. The molecule has 0 saturated carbocycles. The lowest BCUT2D eigenvalue weighted by Crippen LogP contribution is -2.45. The van der Waals surface area contributed by atoms with Gasteiger partial charge in [0.05, 0.1) is 18.0 Å². The van der Waals surface area contributed by atoms with Crippen molar-refractivity contribution in [3.8, 4) is 5.88 Å². The van der Waals surface area contributed by atoms with Crippen LogP contribution < -0.4 is 15.2 Å². The van der Waals surface area contributed by atoms with Crippen molar-refractivity contribution in [2.24, 2.45) is 5.14 Å². The number of aromatic nitrogens is 1. The number of nitrogens with one attached hydrogen (secondary N) is 1. The highest BCUT2D eigenvalue weighted by atomic mass is 35.5. The average Bonchev–Trinajstić information content (AvgIpc) is 2.89. The predicted octanol–water partition coefficient (Wildman–Crippen LogP) is 1.97. The van der Waals surface area contributed by atoms with Crippen LogP contribution in [0.1, 0.15) is 20.8 Å². The minimum atomic E-state index is -4.20. The van der Waals surface area contributed by atoms with Crippen LogP contribution in [0.25, 0.3) is 11.0 Å². The van der Waals surface area contributed by atoms with Gasteiger partial charge in [-0.25, -0.2) is 9.93 Å². The van der Waals surface area contributed by atoms with E-state index in [2.05, 4.69) is 14.7 Å². The third-order valence-corrected chi connectivity index (χ3v) is 3.67. The Morgan fingerprint density at radius 1 is 1.37 bits per heavy atom. The highest BCUT2D eigenvalue weighted by Gasteiger charge is 2.22. The monoisotopic (exact) mass is 421 g/mol. The molecule has 1 aromatic carbocycles. The van der Waals surface area contributed by atoms with E-state index in [0.717, 1.165) is 0 Å². The van der Waals surface area contributed by atoms with Crippen molar-refractivity contribution >= 4 is 39.0 Å². The molecule has 27 heavy (non-hydrogen) atoms. The number of carbonyl (C=O) groups is 1. The number of alkyl carbamates (subject to hydrolysis) is 1. The van der Waals surface area contributed by atoms with E-state index in [1.807, 2.05) is 0 Å². The van der Waals surface area contributed by atoms with Crippen molar-refractivity contribution in [1.82, 2.24) is 10.5 Å². The minimum Gasteiger partial charge on any atom is -0.473 e. The topological polar surface area (TPSA) is 143 Å². The number of hydrogen-bond donors (Lipinski definition) is 2. The summed E-state index contributed by atoms with van der Waals surface area (Å²) in [5.41, 5.74) is -0.290. The number of benzene rings is 1. The van der Waals surface area contributed by atoms with Gasteiger partial charge in [0.25, 0.3) is 5.88 Å². The Morgan fingerprint density at radius 2 is 2.07 bits per heavy atom. The first-order valence-corrected chi connectivity index (χ1v) is 9.62. The second-order valence-corrected chi connectivity index (χ2v) is 8.22. The Morgan fingerprint density at radius 3 is 2.70 bits per heavy atom. The van der Waals surface area contributed by atoms with Gasteiger partial charge in [0.15, 0.2) is 5.58 Å². The normalized spacial score (nSPS) is 13.4. The standard InChI is InChI=1S/C15H20ClN3O7S/c1-15(2,3)25-14(20)18-10(8-24-27(17,21)22)7-23-13-11-6-9(16)4-5-12(11)26-19-13/h4-6,10H,7-8H2,1-3H3,(H,18,20)(H2,17,21,22). The van der Waals surface area contributed by atoms with Crippen LogP contribution in [0.15, 0.2) is 22.7 Å². The van der Waals surface area contributed by atoms with Crippen LogP contribution in [0.5, 0.6) is 5.88 Å². The lowest BCUT2D eigenvalue weighted by atomic mass is 10.2. The van der Waals surface area contributed by atoms with E-state index in [9.17, 15) is 13.2 Å². The number of nitrogens with two attached hydrogens (primary N) is 1. The first-order chi connectivity index (χ1) is 12.4. The Hall–Kier alpha value is -2.08. The third kappa shape index (κ3) is 7.21. The van der Waals surface area contributed by atoms with Crippen LogP contribution >= 0.6 is 11.6 Å². The molecule has 150 valence electrons. The number of ether oxygens (including phenoxy) is 2. The molecule has 0 saturated heterocycles. The summed E-state index contributed by atoms with van der Waals surface area (Å²) in [6, 6.07) is 3.95. The molecule has 0 aliphatic carbocycles. The molecular weight excluding hydrogens is 402 g/mol. The van der Waals surface area contributed by atoms with Crippen LogP contribution in [0.4, 0.5) is 4.79 Å². The summed E-state index contributed by atoms with van der Waals surface area (Å²) >= 11 is 5.94. The molecule has 1 heterocycles. The van der Waals surface area contributed by atoms with Gasteiger partial charge in [-0.2, -0.15) is 8.42 Å². The fourth-order valence-corrected chi connectivity index (χ4v) is 2.48. The Kier molecular flexibility index (Phi) is 6.52. The number of hydrogen-bond acceptors (Lipinski definition) is 8. The van der Waals surface area contributed by atoms with Crippen molar-refractivity contribution in [2.75, 3.05) is 13.2 Å². The lowest BCUT2D eigenvalue weighted by Gasteiger charge is -2.23. The second-order valence-electron chi connectivity index (χ2n) is 6.56. The minimum absolute atomic E-state index is 0.124. The number of halogens is 1. The number of rotatable bonds is 7. The molecule has 0 fully saturated rings. The SMILES string of the molecule is CC(C)(C)OC(=O)NC(COc1noc2ccc(Cl)cc12)COS(N)(=O)=O. The van der Waals surface area contributed by atoms with Gasteiger partial charge in [-0.3, -0.25) is 4.18 Å². The molecule has 0 bridgehead atoms. The van der Waals surface area contributed by atoms with E-state index in [1.165, 1.54) is 0 Å². The maximum atomic E-state index is 11.9. The smallest absolute Gasteiger partial charge is 0.408 e. The highest BCUT2D eigenvalue weighted by molar-refractivity contribution is 7.84. The summed E-state index contributed by atoms with van der Waals surface area (Å²) in [7, 11) is -4.20. The van der Waals surface area contributed by atoms with E-state index in [4.69, 9.17) is 30.7 Å². The molecule has 0 aliphatic heterocycles. The van der Waals surface area contributed by atoms with Gasteiger partial charge in [-0.15, -0.1) is 0 Å². The van der Waals surface area contributed by atoms with E-state index >= 15 is 0 Å². The van der Waals surface area contributed by atoms with Gasteiger partial charge in [0.2, 0.25) is 0 Å². The number of fused-ring (bicyclic) bond motifs is 1. The quantitative estimate of drug-likeness (QED) is 0.690. The van der Waals surface area contributed by atoms with Gasteiger partial charge in [-0.1, -0.05) is 11.6 Å². The largest absolute Gasteiger partial charge is 0.473 e. The molecular formula is C15H20ClN3O7S. The molecule has 1 atom stereocenters. The lowest BCUT2D eigenvalue weighted by molar-refractivity contribution is 0.0464. The summed E-state index contributed by atoms with van der Waals surface area (Å²) in [5, 5.41) is 12.0. The second kappa shape index (κ2) is 8.30. The van der Waals surface area contributed by atoms with E-state index < -0.39 is 34.6 Å². The van der Waals surface area contributed by atoms with E-state index in [0.29, 0.717) is 16.0 Å². The van der Waals surface area contributed by atoms with E-state index in [-0.39, 0.29) is 12.5 Å². The molecule has 10 nitrogen and oxygen atoms in total. The molecule has 2 aromatic rings. The molecule has 12 heteroatoms. The van der Waals surface area contributed by atoms with Crippen molar-refractivity contribution in [2.45, 2.75) is 32.4 Å². The molecule has 2 rings (SSSR count). The molecule has 1 unspecified atom stereocenters. The summed E-state index contributed by atoms with van der Waals surface area (Å²) in [5.74, 6) is 0.124. The van der Waals surface area contributed by atoms with Gasteiger partial charge in [0, 0.05) is 5.02 Å². The third-order valence-electron chi connectivity index (χ3n) is 2.97. The highest BCUT2D eigenvalue weighted by Crippen LogP contribution is 2.27. The van der Waals surface area contributed by atoms with Gasteiger partial charge in [-0.05, 0) is 44.1 Å². The Labute approximate surface area is 161 Å². The first-order valence-electron chi connectivity index (χ1n) is 7.77. The zero-order chi connectivity index (χ0) is 20.2. The van der Waals surface area contributed by atoms with Crippen LogP contribution in [0, 0.1) is 0 Å². The van der Waals surface area contributed by atoms with Gasteiger partial charge >= 0.3 is 16.4 Å². The van der Waals surface area contributed by atoms with Crippen LogP contribution in [-0.4, -0.2) is 44.5 Å². The Bertz CT molecular complexity index is 908. The zero-order valence-corrected chi connectivity index (χ0v) is 16.5. The van der Waals surface area contributed by atoms with Crippen molar-refractivity contribution in [3.63, 3.8) is 0 Å². The summed E-state index contributed by atoms with van der Waals surface area (Å²) < 4.78 is 42.3. The summed E-state index contributed by atoms with van der Waals surface area (Å²) in [4.78, 5) is 11.9. The number of amides is 1. The molecule has 3 N–H and O–H groups in total. The number of carbonyl (C=O) groups excluding carboxylic acids is 1. The van der Waals surface area contributed by atoms with Gasteiger partial charge < -0.3 is 19.3 Å².